The van der Waals surface area contributed by atoms with Crippen molar-refractivity contribution in [2.75, 3.05) is 11.0 Å². The van der Waals surface area contributed by atoms with Crippen molar-refractivity contribution in [2.45, 2.75) is 26.2 Å². The predicted octanol–water partition coefficient (Wildman–Crippen LogP) is 2.42. The molecule has 0 saturated heterocycles. The van der Waals surface area contributed by atoms with Gasteiger partial charge in [0, 0.05) is 5.38 Å². The van der Waals surface area contributed by atoms with E-state index >= 15 is 0 Å². The second kappa shape index (κ2) is 3.55. The van der Waals surface area contributed by atoms with E-state index in [0.29, 0.717) is 5.69 Å². The highest BCUT2D eigenvalue weighted by Crippen LogP contribution is 2.32. The fraction of sp³-hybridized carbons (Fsp3) is 0.556. The molecule has 0 aliphatic carbocycles. The maximum absolute atomic E-state index is 11.1. The SMILES string of the molecule is CC(C)(C)c1cscc1NS(C)(=O)=O. The molecule has 0 saturated carbocycles. The highest BCUT2D eigenvalue weighted by molar-refractivity contribution is 7.92. The normalized spacial score (nSPS) is 12.9. The Bertz CT molecular complexity index is 412. The molecule has 0 aromatic carbocycles. The molecule has 0 aliphatic rings. The first kappa shape index (κ1) is 11.5. The Morgan fingerprint density at radius 1 is 1.29 bits per heavy atom. The molecule has 3 nitrogen and oxygen atoms in total. The molecule has 0 spiro atoms. The maximum Gasteiger partial charge on any atom is 0.229 e. The number of nitrogens with one attached hydrogen (secondary N) is 1. The van der Waals surface area contributed by atoms with Crippen LogP contribution in [0.15, 0.2) is 10.8 Å². The van der Waals surface area contributed by atoms with E-state index in [1.165, 1.54) is 11.3 Å². The monoisotopic (exact) mass is 233 g/mol. The summed E-state index contributed by atoms with van der Waals surface area (Å²) in [5.41, 5.74) is 1.70. The van der Waals surface area contributed by atoms with E-state index in [1.807, 2.05) is 10.8 Å². The number of sulfonamides is 1. The highest BCUT2D eigenvalue weighted by atomic mass is 32.2. The van der Waals surface area contributed by atoms with Gasteiger partial charge in [-0.05, 0) is 16.4 Å². The van der Waals surface area contributed by atoms with Crippen LogP contribution in [-0.2, 0) is 15.4 Å². The van der Waals surface area contributed by atoms with E-state index in [9.17, 15) is 8.42 Å². The summed E-state index contributed by atoms with van der Waals surface area (Å²) in [7, 11) is -3.17. The van der Waals surface area contributed by atoms with Crippen molar-refractivity contribution < 1.29 is 8.42 Å². The summed E-state index contributed by atoms with van der Waals surface area (Å²) in [5.74, 6) is 0. The molecule has 0 aliphatic heterocycles. The summed E-state index contributed by atoms with van der Waals surface area (Å²) in [6.07, 6.45) is 1.16. The van der Waals surface area contributed by atoms with Crippen LogP contribution in [0.1, 0.15) is 26.3 Å². The van der Waals surface area contributed by atoms with Crippen LogP contribution < -0.4 is 4.72 Å². The van der Waals surface area contributed by atoms with Crippen LogP contribution in [0, 0.1) is 0 Å². The summed E-state index contributed by atoms with van der Waals surface area (Å²) >= 11 is 1.51. The van der Waals surface area contributed by atoms with Crippen molar-refractivity contribution >= 4 is 27.0 Å². The molecule has 1 aromatic rings. The molecule has 0 atom stereocenters. The van der Waals surface area contributed by atoms with Gasteiger partial charge >= 0.3 is 0 Å². The number of anilines is 1. The van der Waals surface area contributed by atoms with Crippen molar-refractivity contribution in [1.29, 1.82) is 0 Å². The lowest BCUT2D eigenvalue weighted by Crippen LogP contribution is -2.16. The van der Waals surface area contributed by atoms with Gasteiger partial charge in [0.1, 0.15) is 0 Å². The molecular weight excluding hydrogens is 218 g/mol. The van der Waals surface area contributed by atoms with Crippen LogP contribution in [0.3, 0.4) is 0 Å². The zero-order valence-corrected chi connectivity index (χ0v) is 10.4. The van der Waals surface area contributed by atoms with E-state index in [4.69, 9.17) is 0 Å². The van der Waals surface area contributed by atoms with Gasteiger partial charge in [-0.3, -0.25) is 4.72 Å². The molecule has 1 aromatic heterocycles. The molecule has 0 radical (unpaired) electrons. The Labute approximate surface area is 89.2 Å². The second-order valence-corrected chi connectivity index (χ2v) is 6.82. The first-order valence-electron chi connectivity index (χ1n) is 4.24. The summed E-state index contributed by atoms with van der Waals surface area (Å²) in [4.78, 5) is 0. The van der Waals surface area contributed by atoms with Gasteiger partial charge in [0.2, 0.25) is 10.0 Å². The smallest absolute Gasteiger partial charge is 0.229 e. The van der Waals surface area contributed by atoms with Gasteiger partial charge in [0.15, 0.2) is 0 Å². The summed E-state index contributed by atoms with van der Waals surface area (Å²) in [6, 6.07) is 0. The van der Waals surface area contributed by atoms with Gasteiger partial charge in [-0.1, -0.05) is 20.8 Å². The Morgan fingerprint density at radius 2 is 1.86 bits per heavy atom. The topological polar surface area (TPSA) is 46.2 Å². The van der Waals surface area contributed by atoms with E-state index in [0.717, 1.165) is 11.8 Å². The average Bonchev–Trinajstić information content (AvgIpc) is 2.29. The molecule has 1 rings (SSSR count). The molecular formula is C9H15NO2S2. The maximum atomic E-state index is 11.1. The fourth-order valence-electron chi connectivity index (χ4n) is 1.16. The van der Waals surface area contributed by atoms with Crippen molar-refractivity contribution in [3.8, 4) is 0 Å². The molecule has 1 heterocycles. The van der Waals surface area contributed by atoms with Gasteiger partial charge in [-0.2, -0.15) is 0 Å². The van der Waals surface area contributed by atoms with E-state index in [-0.39, 0.29) is 5.41 Å². The van der Waals surface area contributed by atoms with Crippen LogP contribution in [0.2, 0.25) is 0 Å². The summed E-state index contributed by atoms with van der Waals surface area (Å²) in [5, 5.41) is 3.80. The molecule has 0 fully saturated rings. The van der Waals surface area contributed by atoms with Gasteiger partial charge in [0.25, 0.3) is 0 Å². The third-order valence-electron chi connectivity index (χ3n) is 1.77. The van der Waals surface area contributed by atoms with Crippen LogP contribution in [-0.4, -0.2) is 14.7 Å². The zero-order chi connectivity index (χ0) is 11.0. The third kappa shape index (κ3) is 2.99. The number of rotatable bonds is 2. The Kier molecular flexibility index (Phi) is 2.92. The van der Waals surface area contributed by atoms with Crippen molar-refractivity contribution in [3.63, 3.8) is 0 Å². The van der Waals surface area contributed by atoms with Crippen LogP contribution in [0.5, 0.6) is 0 Å². The zero-order valence-electron chi connectivity index (χ0n) is 8.79. The summed E-state index contributed by atoms with van der Waals surface area (Å²) < 4.78 is 24.7. The minimum atomic E-state index is -3.17. The average molecular weight is 233 g/mol. The van der Waals surface area contributed by atoms with Crippen LogP contribution >= 0.6 is 11.3 Å². The molecule has 0 bridgehead atoms. The quantitative estimate of drug-likeness (QED) is 0.852. The van der Waals surface area contributed by atoms with Crippen molar-refractivity contribution in [2.24, 2.45) is 0 Å². The lowest BCUT2D eigenvalue weighted by molar-refractivity contribution is 0.593. The Hall–Kier alpha value is -0.550. The second-order valence-electron chi connectivity index (χ2n) is 4.32. The molecule has 5 heteroatoms. The van der Waals surface area contributed by atoms with Crippen molar-refractivity contribution in [1.82, 2.24) is 0 Å². The molecule has 0 unspecified atom stereocenters. The summed E-state index contributed by atoms with van der Waals surface area (Å²) in [6.45, 7) is 6.17. The first-order chi connectivity index (χ1) is 6.20. The minimum absolute atomic E-state index is 0.0347. The van der Waals surface area contributed by atoms with Gasteiger partial charge in [-0.15, -0.1) is 11.3 Å². The molecule has 0 amide bonds. The predicted molar refractivity (Wildman–Crippen MR) is 61.5 cm³/mol. The van der Waals surface area contributed by atoms with Crippen LogP contribution in [0.4, 0.5) is 5.69 Å². The molecule has 1 N–H and O–H groups in total. The fourth-order valence-corrected chi connectivity index (χ4v) is 2.81. The highest BCUT2D eigenvalue weighted by Gasteiger charge is 2.20. The number of hydrogen-bond donors (Lipinski definition) is 1. The van der Waals surface area contributed by atoms with E-state index < -0.39 is 10.0 Å². The first-order valence-corrected chi connectivity index (χ1v) is 7.08. The van der Waals surface area contributed by atoms with Gasteiger partial charge < -0.3 is 0 Å². The standard InChI is InChI=1S/C9H15NO2S2/c1-9(2,3)7-5-13-6-8(7)10-14(4,11)12/h5-6,10H,1-4H3. The van der Waals surface area contributed by atoms with Crippen LogP contribution in [0.25, 0.3) is 0 Å². The molecule has 80 valence electrons. The Balaban J connectivity index is 3.06. The lowest BCUT2D eigenvalue weighted by Gasteiger charge is -2.19. The van der Waals surface area contributed by atoms with E-state index in [2.05, 4.69) is 25.5 Å². The number of thiophene rings is 1. The number of hydrogen-bond acceptors (Lipinski definition) is 3. The third-order valence-corrected chi connectivity index (χ3v) is 3.10. The minimum Gasteiger partial charge on any atom is -0.283 e. The lowest BCUT2D eigenvalue weighted by atomic mass is 9.88. The van der Waals surface area contributed by atoms with Gasteiger partial charge in [0.05, 0.1) is 11.9 Å². The largest absolute Gasteiger partial charge is 0.283 e. The Morgan fingerprint density at radius 3 is 2.29 bits per heavy atom. The van der Waals surface area contributed by atoms with Crippen molar-refractivity contribution in [3.05, 3.63) is 16.3 Å². The van der Waals surface area contributed by atoms with E-state index in [1.54, 1.807) is 0 Å². The molecule has 14 heavy (non-hydrogen) atoms. The van der Waals surface area contributed by atoms with Gasteiger partial charge in [-0.25, -0.2) is 8.42 Å².